The molecule has 1 amide bonds. The summed E-state index contributed by atoms with van der Waals surface area (Å²) in [6.07, 6.45) is 1.88. The molecule has 21 heavy (non-hydrogen) atoms. The van der Waals surface area contributed by atoms with E-state index in [1.54, 1.807) is 6.07 Å². The summed E-state index contributed by atoms with van der Waals surface area (Å²) in [7, 11) is 1.46. The molecule has 0 aliphatic carbocycles. The van der Waals surface area contributed by atoms with Crippen molar-refractivity contribution in [1.29, 1.82) is 0 Å². The van der Waals surface area contributed by atoms with Gasteiger partial charge in [-0.2, -0.15) is 5.10 Å². The number of methoxy groups -OCH3 is 1. The number of aromatic nitrogens is 2. The van der Waals surface area contributed by atoms with E-state index in [1.165, 1.54) is 19.2 Å². The highest BCUT2D eigenvalue weighted by Crippen LogP contribution is 2.33. The van der Waals surface area contributed by atoms with Crippen molar-refractivity contribution in [2.45, 2.75) is 19.8 Å². The molecular weight excluding hydrogens is 313 g/mol. The van der Waals surface area contributed by atoms with Crippen molar-refractivity contribution in [1.82, 2.24) is 10.2 Å². The lowest BCUT2D eigenvalue weighted by molar-refractivity contribution is 0.102. The van der Waals surface area contributed by atoms with E-state index in [4.69, 9.17) is 27.9 Å². The Morgan fingerprint density at radius 1 is 1.33 bits per heavy atom. The number of halogens is 2. The molecule has 112 valence electrons. The first-order valence-corrected chi connectivity index (χ1v) is 7.19. The molecule has 1 aromatic heterocycles. The van der Waals surface area contributed by atoms with Gasteiger partial charge in [0.05, 0.1) is 17.2 Å². The molecule has 0 radical (unpaired) electrons. The van der Waals surface area contributed by atoms with Crippen LogP contribution < -0.4 is 10.1 Å². The Bertz CT molecular complexity index is 632. The van der Waals surface area contributed by atoms with E-state index in [0.717, 1.165) is 18.5 Å². The molecule has 5 nitrogen and oxygen atoms in total. The maximum Gasteiger partial charge on any atom is 0.256 e. The monoisotopic (exact) mass is 327 g/mol. The van der Waals surface area contributed by atoms with Gasteiger partial charge in [-0.15, -0.1) is 0 Å². The standard InChI is InChI=1S/C14H15Cl2N3O2/c1-3-4-9-7-12(19-18-9)17-14(20)8-5-10(15)13(21-2)11(16)6-8/h5-7H,3-4H2,1-2H3,(H2,17,18,19,20). The van der Waals surface area contributed by atoms with Gasteiger partial charge in [0.1, 0.15) is 0 Å². The van der Waals surface area contributed by atoms with Crippen LogP contribution in [0.25, 0.3) is 0 Å². The number of nitrogens with zero attached hydrogens (tertiary/aromatic N) is 1. The van der Waals surface area contributed by atoms with Crippen LogP contribution in [0.1, 0.15) is 29.4 Å². The van der Waals surface area contributed by atoms with E-state index in [1.807, 2.05) is 0 Å². The zero-order valence-electron chi connectivity index (χ0n) is 11.7. The summed E-state index contributed by atoms with van der Waals surface area (Å²) in [5, 5.41) is 10.2. The van der Waals surface area contributed by atoms with Crippen molar-refractivity contribution in [2.24, 2.45) is 0 Å². The number of H-pyrrole nitrogens is 1. The Kier molecular flexibility index (Phi) is 5.09. The van der Waals surface area contributed by atoms with Gasteiger partial charge >= 0.3 is 0 Å². The third kappa shape index (κ3) is 3.68. The maximum absolute atomic E-state index is 12.2. The van der Waals surface area contributed by atoms with Crippen LogP contribution in [0.15, 0.2) is 18.2 Å². The van der Waals surface area contributed by atoms with Gasteiger partial charge < -0.3 is 10.1 Å². The van der Waals surface area contributed by atoms with E-state index < -0.39 is 0 Å². The summed E-state index contributed by atoms with van der Waals surface area (Å²) < 4.78 is 5.05. The highest BCUT2D eigenvalue weighted by molar-refractivity contribution is 6.37. The molecule has 0 aliphatic rings. The topological polar surface area (TPSA) is 67.0 Å². The van der Waals surface area contributed by atoms with Crippen LogP contribution >= 0.6 is 23.2 Å². The number of hydrogen-bond acceptors (Lipinski definition) is 3. The zero-order chi connectivity index (χ0) is 15.4. The number of carbonyl (C=O) groups is 1. The van der Waals surface area contributed by atoms with E-state index >= 15 is 0 Å². The summed E-state index contributed by atoms with van der Waals surface area (Å²) in [4.78, 5) is 12.2. The van der Waals surface area contributed by atoms with Crippen LogP contribution in [0.3, 0.4) is 0 Å². The lowest BCUT2D eigenvalue weighted by atomic mass is 10.2. The predicted molar refractivity (Wildman–Crippen MR) is 83.5 cm³/mol. The van der Waals surface area contributed by atoms with E-state index in [2.05, 4.69) is 22.4 Å². The van der Waals surface area contributed by atoms with Crippen LogP contribution in [0, 0.1) is 0 Å². The number of nitrogens with one attached hydrogen (secondary N) is 2. The molecule has 0 saturated heterocycles. The second-order valence-corrected chi connectivity index (χ2v) is 5.27. The van der Waals surface area contributed by atoms with Crippen molar-refractivity contribution in [3.05, 3.63) is 39.5 Å². The van der Waals surface area contributed by atoms with E-state index in [0.29, 0.717) is 17.1 Å². The Hall–Kier alpha value is -1.72. The Labute approximate surface area is 132 Å². The van der Waals surface area contributed by atoms with Crippen molar-refractivity contribution in [3.8, 4) is 5.75 Å². The van der Waals surface area contributed by atoms with Gasteiger partial charge in [-0.25, -0.2) is 0 Å². The molecule has 0 spiro atoms. The van der Waals surface area contributed by atoms with Gasteiger partial charge in [-0.1, -0.05) is 36.5 Å². The number of aromatic amines is 1. The predicted octanol–water partition coefficient (Wildman–Crippen LogP) is 3.93. The minimum atomic E-state index is -0.337. The zero-order valence-corrected chi connectivity index (χ0v) is 13.2. The smallest absolute Gasteiger partial charge is 0.256 e. The second-order valence-electron chi connectivity index (χ2n) is 4.46. The molecular formula is C14H15Cl2N3O2. The molecule has 7 heteroatoms. The molecule has 1 heterocycles. The summed E-state index contributed by atoms with van der Waals surface area (Å²) in [6.45, 7) is 2.07. The molecule has 2 rings (SSSR count). The molecule has 0 bridgehead atoms. The van der Waals surface area contributed by atoms with Gasteiger partial charge in [0.15, 0.2) is 11.6 Å². The molecule has 2 aromatic rings. The normalized spacial score (nSPS) is 10.5. The molecule has 0 fully saturated rings. The Morgan fingerprint density at radius 3 is 2.57 bits per heavy atom. The summed E-state index contributed by atoms with van der Waals surface area (Å²) in [5.74, 6) is 0.474. The van der Waals surface area contributed by atoms with Crippen molar-refractivity contribution in [3.63, 3.8) is 0 Å². The molecule has 0 saturated carbocycles. The van der Waals surface area contributed by atoms with Crippen molar-refractivity contribution < 1.29 is 9.53 Å². The average molecular weight is 328 g/mol. The number of ether oxygens (including phenoxy) is 1. The molecule has 0 unspecified atom stereocenters. The minimum Gasteiger partial charge on any atom is -0.494 e. The van der Waals surface area contributed by atoms with E-state index in [-0.39, 0.29) is 16.0 Å². The second kappa shape index (κ2) is 6.83. The number of amides is 1. The maximum atomic E-state index is 12.2. The first-order chi connectivity index (χ1) is 10.0. The van der Waals surface area contributed by atoms with Crippen molar-refractivity contribution in [2.75, 3.05) is 12.4 Å². The Balaban J connectivity index is 2.16. The highest BCUT2D eigenvalue weighted by atomic mass is 35.5. The fourth-order valence-corrected chi connectivity index (χ4v) is 2.54. The molecule has 1 aromatic carbocycles. The fraction of sp³-hybridized carbons (Fsp3) is 0.286. The fourth-order valence-electron chi connectivity index (χ4n) is 1.90. The number of carbonyl (C=O) groups excluding carboxylic acids is 1. The molecule has 2 N–H and O–H groups in total. The third-order valence-electron chi connectivity index (χ3n) is 2.86. The first kappa shape index (κ1) is 15.7. The quantitative estimate of drug-likeness (QED) is 0.874. The highest BCUT2D eigenvalue weighted by Gasteiger charge is 2.14. The number of hydrogen-bond donors (Lipinski definition) is 2. The minimum absolute atomic E-state index is 0.281. The van der Waals surface area contributed by atoms with Gasteiger partial charge in [0, 0.05) is 17.3 Å². The average Bonchev–Trinajstić information content (AvgIpc) is 2.86. The SMILES string of the molecule is CCCc1cc(NC(=O)c2cc(Cl)c(OC)c(Cl)c2)n[nH]1. The lowest BCUT2D eigenvalue weighted by Crippen LogP contribution is -2.12. The van der Waals surface area contributed by atoms with Crippen molar-refractivity contribution >= 4 is 34.9 Å². The number of rotatable bonds is 5. The van der Waals surface area contributed by atoms with Gasteiger partial charge in [-0.05, 0) is 18.6 Å². The third-order valence-corrected chi connectivity index (χ3v) is 3.42. The molecule has 0 atom stereocenters. The van der Waals surface area contributed by atoms with E-state index in [9.17, 15) is 4.79 Å². The van der Waals surface area contributed by atoms with Gasteiger partial charge in [0.25, 0.3) is 5.91 Å². The summed E-state index contributed by atoms with van der Waals surface area (Å²) in [6, 6.07) is 4.80. The van der Waals surface area contributed by atoms with Crippen LogP contribution in [0.2, 0.25) is 10.0 Å². The number of benzene rings is 1. The number of anilines is 1. The van der Waals surface area contributed by atoms with Crippen LogP contribution in [0.4, 0.5) is 5.82 Å². The summed E-state index contributed by atoms with van der Waals surface area (Å²) >= 11 is 12.0. The van der Waals surface area contributed by atoms with Gasteiger partial charge in [-0.3, -0.25) is 9.89 Å². The number of aryl methyl sites for hydroxylation is 1. The first-order valence-electron chi connectivity index (χ1n) is 6.43. The molecule has 0 aliphatic heterocycles. The lowest BCUT2D eigenvalue weighted by Gasteiger charge is -2.08. The largest absolute Gasteiger partial charge is 0.494 e. The van der Waals surface area contributed by atoms with Crippen LogP contribution in [-0.4, -0.2) is 23.2 Å². The Morgan fingerprint density at radius 2 is 2.00 bits per heavy atom. The van der Waals surface area contributed by atoms with Crippen LogP contribution in [0.5, 0.6) is 5.75 Å². The summed E-state index contributed by atoms with van der Waals surface area (Å²) in [5.41, 5.74) is 1.31. The van der Waals surface area contributed by atoms with Crippen LogP contribution in [-0.2, 0) is 6.42 Å². The van der Waals surface area contributed by atoms with Gasteiger partial charge in [0.2, 0.25) is 0 Å².